The summed E-state index contributed by atoms with van der Waals surface area (Å²) < 4.78 is 12.0. The molecule has 0 radical (unpaired) electrons. The molecule has 1 atom stereocenters. The molecule has 138 valence electrons. The predicted octanol–water partition coefficient (Wildman–Crippen LogP) is 2.82. The Hall–Kier alpha value is -3.13. The Balaban J connectivity index is 1.45. The number of nitrogens with zero attached hydrogens (tertiary/aromatic N) is 1. The number of hydrogen-bond acceptors (Lipinski definition) is 6. The molecule has 0 saturated carbocycles. The van der Waals surface area contributed by atoms with Crippen LogP contribution in [0.4, 0.5) is 5.13 Å². The first kappa shape index (κ1) is 17.3. The number of fused-ring (bicyclic) bond motifs is 2. The van der Waals surface area contributed by atoms with Crippen molar-refractivity contribution in [3.8, 4) is 11.5 Å². The van der Waals surface area contributed by atoms with Crippen molar-refractivity contribution in [1.82, 2.24) is 10.3 Å². The molecular formula is C19H17N3O4S. The van der Waals surface area contributed by atoms with Gasteiger partial charge in [0.05, 0.1) is 10.2 Å². The van der Waals surface area contributed by atoms with Gasteiger partial charge in [0.25, 0.3) is 5.91 Å². The minimum atomic E-state index is -0.704. The number of nitrogens with one attached hydrogen (secondary N) is 2. The van der Waals surface area contributed by atoms with Crippen molar-refractivity contribution in [3.63, 3.8) is 0 Å². The summed E-state index contributed by atoms with van der Waals surface area (Å²) in [7, 11) is 0. The van der Waals surface area contributed by atoms with E-state index in [4.69, 9.17) is 9.47 Å². The Kier molecular flexibility index (Phi) is 4.64. The highest BCUT2D eigenvalue weighted by Gasteiger charge is 2.19. The fourth-order valence-corrected chi connectivity index (χ4v) is 3.55. The molecule has 27 heavy (non-hydrogen) atoms. The number of aromatic nitrogens is 1. The third kappa shape index (κ3) is 3.70. The molecule has 1 aliphatic heterocycles. The Morgan fingerprint density at radius 3 is 2.56 bits per heavy atom. The Morgan fingerprint density at radius 2 is 1.81 bits per heavy atom. The highest BCUT2D eigenvalue weighted by Crippen LogP contribution is 2.37. The molecule has 1 aliphatic rings. The van der Waals surface area contributed by atoms with Gasteiger partial charge in [0, 0.05) is 17.7 Å². The first-order valence-corrected chi connectivity index (χ1v) is 9.29. The standard InChI is InChI=1S/C19H17N3O4S/c1-11(20-18(24)12-5-3-2-4-6-12)17(23)22-19-21-13-9-14-15(10-16(13)27-19)26-8-7-25-14/h2-6,9-11H,7-8H2,1H3,(H,20,24)(H,21,22,23). The van der Waals surface area contributed by atoms with Gasteiger partial charge in [-0.05, 0) is 19.1 Å². The maximum absolute atomic E-state index is 12.4. The SMILES string of the molecule is CC(NC(=O)c1ccccc1)C(=O)Nc1nc2cc3c(cc2s1)OCCO3. The van der Waals surface area contributed by atoms with Crippen LogP contribution >= 0.6 is 11.3 Å². The molecule has 0 saturated heterocycles. The molecule has 8 heteroatoms. The van der Waals surface area contributed by atoms with E-state index < -0.39 is 6.04 Å². The van der Waals surface area contributed by atoms with Gasteiger partial charge in [-0.1, -0.05) is 29.5 Å². The lowest BCUT2D eigenvalue weighted by molar-refractivity contribution is -0.117. The molecule has 0 fully saturated rings. The fourth-order valence-electron chi connectivity index (χ4n) is 2.67. The summed E-state index contributed by atoms with van der Waals surface area (Å²) in [6, 6.07) is 11.7. The molecule has 7 nitrogen and oxygen atoms in total. The zero-order chi connectivity index (χ0) is 18.8. The number of anilines is 1. The summed E-state index contributed by atoms with van der Waals surface area (Å²) in [6.07, 6.45) is 0. The summed E-state index contributed by atoms with van der Waals surface area (Å²) in [5.41, 5.74) is 1.23. The maximum Gasteiger partial charge on any atom is 0.251 e. The van der Waals surface area contributed by atoms with Crippen molar-refractivity contribution in [2.45, 2.75) is 13.0 Å². The molecule has 0 spiro atoms. The molecule has 4 rings (SSSR count). The summed E-state index contributed by atoms with van der Waals surface area (Å²) in [4.78, 5) is 29.0. The van der Waals surface area contributed by atoms with E-state index in [-0.39, 0.29) is 11.8 Å². The van der Waals surface area contributed by atoms with Gasteiger partial charge in [-0.15, -0.1) is 0 Å². The monoisotopic (exact) mass is 383 g/mol. The topological polar surface area (TPSA) is 89.6 Å². The number of rotatable bonds is 4. The van der Waals surface area contributed by atoms with Crippen molar-refractivity contribution in [3.05, 3.63) is 48.0 Å². The molecule has 2 N–H and O–H groups in total. The molecule has 3 aromatic rings. The van der Waals surface area contributed by atoms with Crippen molar-refractivity contribution in [2.24, 2.45) is 0 Å². The molecule has 0 aliphatic carbocycles. The van der Waals surface area contributed by atoms with Crippen LogP contribution in [0.15, 0.2) is 42.5 Å². The minimum absolute atomic E-state index is 0.301. The zero-order valence-corrected chi connectivity index (χ0v) is 15.3. The van der Waals surface area contributed by atoms with Crippen LogP contribution in [-0.4, -0.2) is 36.1 Å². The summed E-state index contributed by atoms with van der Waals surface area (Å²) >= 11 is 1.34. The lowest BCUT2D eigenvalue weighted by Gasteiger charge is -2.17. The predicted molar refractivity (Wildman–Crippen MR) is 103 cm³/mol. The van der Waals surface area contributed by atoms with E-state index in [0.29, 0.717) is 35.4 Å². The largest absolute Gasteiger partial charge is 0.486 e. The van der Waals surface area contributed by atoms with Crippen molar-refractivity contribution in [2.75, 3.05) is 18.5 Å². The van der Waals surface area contributed by atoms with E-state index in [9.17, 15) is 9.59 Å². The summed E-state index contributed by atoms with van der Waals surface area (Å²) in [5.74, 6) is 0.694. The quantitative estimate of drug-likeness (QED) is 0.723. The number of carbonyl (C=O) groups excluding carboxylic acids is 2. The minimum Gasteiger partial charge on any atom is -0.486 e. The van der Waals surface area contributed by atoms with Crippen LogP contribution in [0.2, 0.25) is 0 Å². The van der Waals surface area contributed by atoms with Gasteiger partial charge in [-0.3, -0.25) is 9.59 Å². The molecule has 2 amide bonds. The Labute approximate surface area is 159 Å². The van der Waals surface area contributed by atoms with Gasteiger partial charge in [-0.25, -0.2) is 4.98 Å². The molecule has 0 bridgehead atoms. The van der Waals surface area contributed by atoms with Gasteiger partial charge < -0.3 is 20.1 Å². The molecular weight excluding hydrogens is 366 g/mol. The van der Waals surface area contributed by atoms with Gasteiger partial charge in [-0.2, -0.15) is 0 Å². The van der Waals surface area contributed by atoms with E-state index in [1.807, 2.05) is 12.1 Å². The fraction of sp³-hybridized carbons (Fsp3) is 0.211. The van der Waals surface area contributed by atoms with E-state index in [0.717, 1.165) is 10.2 Å². The van der Waals surface area contributed by atoms with Crippen LogP contribution in [0.3, 0.4) is 0 Å². The second kappa shape index (κ2) is 7.24. The summed E-state index contributed by atoms with van der Waals surface area (Å²) in [6.45, 7) is 2.65. The normalized spacial score (nSPS) is 13.8. The third-order valence-corrected chi connectivity index (χ3v) is 4.99. The second-order valence-electron chi connectivity index (χ2n) is 6.03. The number of amides is 2. The lowest BCUT2D eigenvalue weighted by atomic mass is 10.2. The smallest absolute Gasteiger partial charge is 0.251 e. The lowest BCUT2D eigenvalue weighted by Crippen LogP contribution is -2.41. The Morgan fingerprint density at radius 1 is 1.11 bits per heavy atom. The maximum atomic E-state index is 12.4. The number of ether oxygens (including phenoxy) is 2. The number of thiazole rings is 1. The highest BCUT2D eigenvalue weighted by atomic mass is 32.1. The van der Waals surface area contributed by atoms with Crippen LogP contribution < -0.4 is 20.1 Å². The number of benzene rings is 2. The third-order valence-electron chi connectivity index (χ3n) is 4.06. The Bertz CT molecular complexity index is 960. The zero-order valence-electron chi connectivity index (χ0n) is 14.5. The van der Waals surface area contributed by atoms with Crippen LogP contribution in [0.25, 0.3) is 10.2 Å². The van der Waals surface area contributed by atoms with Crippen molar-refractivity contribution < 1.29 is 19.1 Å². The molecule has 2 heterocycles. The molecule has 1 aromatic heterocycles. The second-order valence-corrected chi connectivity index (χ2v) is 7.06. The first-order valence-electron chi connectivity index (χ1n) is 8.47. The van der Waals surface area contributed by atoms with Crippen LogP contribution in [0.5, 0.6) is 11.5 Å². The highest BCUT2D eigenvalue weighted by molar-refractivity contribution is 7.22. The van der Waals surface area contributed by atoms with Crippen LogP contribution in [-0.2, 0) is 4.79 Å². The average molecular weight is 383 g/mol. The van der Waals surface area contributed by atoms with Crippen molar-refractivity contribution in [1.29, 1.82) is 0 Å². The number of hydrogen-bond donors (Lipinski definition) is 2. The van der Waals surface area contributed by atoms with E-state index in [1.165, 1.54) is 11.3 Å². The molecule has 1 unspecified atom stereocenters. The first-order chi connectivity index (χ1) is 13.1. The van der Waals surface area contributed by atoms with Crippen LogP contribution in [0, 0.1) is 0 Å². The summed E-state index contributed by atoms with van der Waals surface area (Å²) in [5, 5.41) is 5.89. The van der Waals surface area contributed by atoms with E-state index >= 15 is 0 Å². The van der Waals surface area contributed by atoms with Crippen LogP contribution in [0.1, 0.15) is 17.3 Å². The van der Waals surface area contributed by atoms with Gasteiger partial charge >= 0.3 is 0 Å². The van der Waals surface area contributed by atoms with Gasteiger partial charge in [0.15, 0.2) is 16.6 Å². The van der Waals surface area contributed by atoms with E-state index in [1.54, 1.807) is 37.3 Å². The van der Waals surface area contributed by atoms with Gasteiger partial charge in [0.2, 0.25) is 5.91 Å². The number of carbonyl (C=O) groups is 2. The van der Waals surface area contributed by atoms with E-state index in [2.05, 4.69) is 15.6 Å². The average Bonchev–Trinajstić information content (AvgIpc) is 3.07. The van der Waals surface area contributed by atoms with Crippen molar-refractivity contribution >= 4 is 38.5 Å². The van der Waals surface area contributed by atoms with Gasteiger partial charge in [0.1, 0.15) is 19.3 Å². The molecule has 2 aromatic carbocycles.